The number of nitrogens with one attached hydrogen (secondary N) is 1. The molecule has 0 amide bonds. The third kappa shape index (κ3) is 3.73. The third-order valence-corrected chi connectivity index (χ3v) is 6.52. The number of carboxylic acid groups (broad SMARTS) is 1. The Hall–Kier alpha value is -2.39. The van der Waals surface area contributed by atoms with E-state index in [4.69, 9.17) is 0 Å². The number of thioether (sulfide) groups is 1. The van der Waals surface area contributed by atoms with Crippen LogP contribution in [0, 0.1) is 11.6 Å². The van der Waals surface area contributed by atoms with E-state index in [0.29, 0.717) is 12.1 Å². The number of benzene rings is 2. The maximum atomic E-state index is 13.3. The highest BCUT2D eigenvalue weighted by Crippen LogP contribution is 2.47. The Labute approximate surface area is 152 Å². The molecule has 2 aromatic rings. The fourth-order valence-corrected chi connectivity index (χ4v) is 4.92. The number of rotatable bonds is 5. The molecule has 0 aliphatic carbocycles. The molecule has 0 radical (unpaired) electrons. The molecule has 9 heteroatoms. The molecule has 0 saturated heterocycles. The zero-order valence-electron chi connectivity index (χ0n) is 13.1. The second kappa shape index (κ2) is 7.08. The molecule has 0 fully saturated rings. The lowest BCUT2D eigenvalue weighted by molar-refractivity contribution is -0.131. The van der Waals surface area contributed by atoms with Gasteiger partial charge in [-0.1, -0.05) is 30.3 Å². The van der Waals surface area contributed by atoms with Gasteiger partial charge >= 0.3 is 5.97 Å². The minimum absolute atomic E-state index is 0.0149. The zero-order chi connectivity index (χ0) is 18.9. The lowest BCUT2D eigenvalue weighted by Crippen LogP contribution is -2.24. The van der Waals surface area contributed by atoms with Crippen LogP contribution in [0.4, 0.5) is 8.78 Å². The van der Waals surface area contributed by atoms with Gasteiger partial charge in [-0.2, -0.15) is 0 Å². The Balaban J connectivity index is 1.89. The van der Waals surface area contributed by atoms with Crippen LogP contribution in [0.5, 0.6) is 0 Å². The first-order chi connectivity index (χ1) is 12.3. The summed E-state index contributed by atoms with van der Waals surface area (Å²) >= 11 is 1.04. The molecular formula is C17H13F2NO4S2. The van der Waals surface area contributed by atoms with Crippen molar-refractivity contribution >= 4 is 27.8 Å². The third-order valence-electron chi connectivity index (χ3n) is 3.75. The zero-order valence-corrected chi connectivity index (χ0v) is 14.8. The first-order valence-electron chi connectivity index (χ1n) is 7.44. The lowest BCUT2D eigenvalue weighted by atomic mass is 10.1. The Morgan fingerprint density at radius 2 is 1.81 bits per heavy atom. The van der Waals surface area contributed by atoms with E-state index in [1.54, 1.807) is 12.1 Å². The molecule has 2 aromatic carbocycles. The summed E-state index contributed by atoms with van der Waals surface area (Å²) in [7, 11) is -4.25. The normalized spacial score (nSPS) is 17.4. The first-order valence-corrected chi connectivity index (χ1v) is 9.80. The molecule has 0 saturated carbocycles. The summed E-state index contributed by atoms with van der Waals surface area (Å²) in [5.74, 6) is -3.73. The second-order valence-corrected chi connectivity index (χ2v) is 8.41. The van der Waals surface area contributed by atoms with Gasteiger partial charge in [0.2, 0.25) is 0 Å². The first kappa shape index (κ1) is 18.4. The summed E-state index contributed by atoms with van der Waals surface area (Å²) in [5, 5.41) is 9.11. The predicted molar refractivity (Wildman–Crippen MR) is 92.7 cm³/mol. The quantitative estimate of drug-likeness (QED) is 0.808. The maximum Gasteiger partial charge on any atom is 0.344 e. The molecule has 0 aromatic heterocycles. The summed E-state index contributed by atoms with van der Waals surface area (Å²) in [6, 6.07) is 11.2. The van der Waals surface area contributed by atoms with Gasteiger partial charge < -0.3 is 5.11 Å². The molecule has 0 spiro atoms. The van der Waals surface area contributed by atoms with E-state index in [1.807, 2.05) is 18.2 Å². The summed E-state index contributed by atoms with van der Waals surface area (Å²) < 4.78 is 53.4. The molecule has 1 heterocycles. The van der Waals surface area contributed by atoms with Crippen LogP contribution in [0.3, 0.4) is 0 Å². The van der Waals surface area contributed by atoms with Crippen molar-refractivity contribution in [2.24, 2.45) is 0 Å². The van der Waals surface area contributed by atoms with Crippen LogP contribution in [-0.4, -0.2) is 19.5 Å². The van der Waals surface area contributed by atoms with Crippen molar-refractivity contribution < 1.29 is 27.1 Å². The molecule has 136 valence electrons. The largest absolute Gasteiger partial charge is 0.477 e. The molecule has 1 atom stereocenters. The number of sulfonamides is 1. The standard InChI is InChI=1S/C17H13F2NO4S2/c18-12-7-6-11(8-13(12)19)26(23,24)20-14-9-15(25-16(14)17(21)22)10-4-2-1-3-5-10/h1-8,15,20H,9H2,(H,21,22). The van der Waals surface area contributed by atoms with Crippen LogP contribution < -0.4 is 4.72 Å². The summed E-state index contributed by atoms with van der Waals surface area (Å²) in [6.07, 6.45) is 0.152. The van der Waals surface area contributed by atoms with Crippen molar-refractivity contribution in [1.82, 2.24) is 4.72 Å². The highest BCUT2D eigenvalue weighted by atomic mass is 32.2. The number of allylic oxidation sites excluding steroid dienone is 1. The van der Waals surface area contributed by atoms with Crippen molar-refractivity contribution in [2.75, 3.05) is 0 Å². The van der Waals surface area contributed by atoms with Crippen molar-refractivity contribution in [3.8, 4) is 0 Å². The second-order valence-electron chi connectivity index (χ2n) is 5.52. The highest BCUT2D eigenvalue weighted by molar-refractivity contribution is 8.04. The Morgan fingerprint density at radius 1 is 1.12 bits per heavy atom. The molecule has 0 bridgehead atoms. The van der Waals surface area contributed by atoms with Crippen molar-refractivity contribution in [1.29, 1.82) is 0 Å². The molecule has 26 heavy (non-hydrogen) atoms. The average molecular weight is 397 g/mol. The fraction of sp³-hybridized carbons (Fsp3) is 0.118. The van der Waals surface area contributed by atoms with Gasteiger partial charge in [0.25, 0.3) is 10.0 Å². The smallest absolute Gasteiger partial charge is 0.344 e. The van der Waals surface area contributed by atoms with Gasteiger partial charge in [-0.3, -0.25) is 4.72 Å². The monoisotopic (exact) mass is 397 g/mol. The van der Waals surface area contributed by atoms with Gasteiger partial charge in [0.05, 0.1) is 4.90 Å². The number of hydrogen-bond acceptors (Lipinski definition) is 4. The van der Waals surface area contributed by atoms with Crippen LogP contribution in [0.25, 0.3) is 0 Å². The predicted octanol–water partition coefficient (Wildman–Crippen LogP) is 3.42. The molecule has 5 nitrogen and oxygen atoms in total. The highest BCUT2D eigenvalue weighted by Gasteiger charge is 2.33. The van der Waals surface area contributed by atoms with E-state index >= 15 is 0 Å². The van der Waals surface area contributed by atoms with E-state index in [-0.39, 0.29) is 22.3 Å². The Kier molecular flexibility index (Phi) is 5.01. The van der Waals surface area contributed by atoms with Gasteiger partial charge in [0, 0.05) is 17.4 Å². The topological polar surface area (TPSA) is 83.5 Å². The molecule has 2 N–H and O–H groups in total. The Bertz CT molecular complexity index is 991. The van der Waals surface area contributed by atoms with Crippen molar-refractivity contribution in [3.63, 3.8) is 0 Å². The number of carbonyl (C=O) groups is 1. The SMILES string of the molecule is O=C(O)C1=C(NS(=O)(=O)c2ccc(F)c(F)c2)CC(c2ccccc2)S1. The van der Waals surface area contributed by atoms with E-state index in [2.05, 4.69) is 4.72 Å². The lowest BCUT2D eigenvalue weighted by Gasteiger charge is -2.11. The molecule has 1 aliphatic rings. The summed E-state index contributed by atoms with van der Waals surface area (Å²) in [4.78, 5) is 10.9. The number of carboxylic acids is 1. The van der Waals surface area contributed by atoms with Crippen LogP contribution in [0.15, 0.2) is 64.0 Å². The molecular weight excluding hydrogens is 384 g/mol. The van der Waals surface area contributed by atoms with E-state index < -0.39 is 32.5 Å². The minimum atomic E-state index is -4.25. The van der Waals surface area contributed by atoms with Crippen LogP contribution in [-0.2, 0) is 14.8 Å². The van der Waals surface area contributed by atoms with Gasteiger partial charge in [-0.25, -0.2) is 22.0 Å². The van der Waals surface area contributed by atoms with Crippen LogP contribution in [0.2, 0.25) is 0 Å². The fourth-order valence-electron chi connectivity index (χ4n) is 2.52. The summed E-state index contributed by atoms with van der Waals surface area (Å²) in [5.41, 5.74) is 0.874. The molecule has 3 rings (SSSR count). The number of hydrogen-bond donors (Lipinski definition) is 2. The van der Waals surface area contributed by atoms with Crippen molar-refractivity contribution in [3.05, 3.63) is 76.3 Å². The van der Waals surface area contributed by atoms with Gasteiger partial charge in [-0.05, 0) is 23.8 Å². The Morgan fingerprint density at radius 3 is 2.42 bits per heavy atom. The van der Waals surface area contributed by atoms with Gasteiger partial charge in [0.15, 0.2) is 11.6 Å². The number of aliphatic carboxylic acids is 1. The molecule has 1 unspecified atom stereocenters. The van der Waals surface area contributed by atoms with Gasteiger partial charge in [-0.15, -0.1) is 11.8 Å². The van der Waals surface area contributed by atoms with E-state index in [1.165, 1.54) is 0 Å². The number of halogens is 2. The molecule has 1 aliphatic heterocycles. The average Bonchev–Trinajstić information content (AvgIpc) is 3.01. The van der Waals surface area contributed by atoms with E-state index in [9.17, 15) is 27.1 Å². The maximum absolute atomic E-state index is 13.3. The van der Waals surface area contributed by atoms with Crippen molar-refractivity contribution in [2.45, 2.75) is 16.6 Å². The van der Waals surface area contributed by atoms with Gasteiger partial charge in [0.1, 0.15) is 4.91 Å². The van der Waals surface area contributed by atoms with Crippen LogP contribution in [0.1, 0.15) is 17.2 Å². The van der Waals surface area contributed by atoms with E-state index in [0.717, 1.165) is 23.4 Å². The summed E-state index contributed by atoms with van der Waals surface area (Å²) in [6.45, 7) is 0. The van der Waals surface area contributed by atoms with Crippen LogP contribution >= 0.6 is 11.8 Å². The minimum Gasteiger partial charge on any atom is -0.477 e.